The Morgan fingerprint density at radius 1 is 1.10 bits per heavy atom. The molecule has 0 amide bonds. The van der Waals surface area contributed by atoms with Gasteiger partial charge in [-0.15, -0.1) is 0 Å². The molecular formula is C19H22O2. The van der Waals surface area contributed by atoms with Crippen molar-refractivity contribution in [3.63, 3.8) is 0 Å². The van der Waals surface area contributed by atoms with Gasteiger partial charge in [-0.2, -0.15) is 0 Å². The quantitative estimate of drug-likeness (QED) is 0.714. The van der Waals surface area contributed by atoms with Crippen molar-refractivity contribution in [2.24, 2.45) is 5.92 Å². The summed E-state index contributed by atoms with van der Waals surface area (Å²) in [7, 11) is 0. The molecular weight excluding hydrogens is 260 g/mol. The first kappa shape index (κ1) is 15.3. The number of ether oxygens (including phenoxy) is 1. The molecule has 0 spiro atoms. The van der Waals surface area contributed by atoms with Crippen molar-refractivity contribution in [3.8, 4) is 16.9 Å². The van der Waals surface area contributed by atoms with Crippen molar-refractivity contribution >= 4 is 6.29 Å². The van der Waals surface area contributed by atoms with Crippen molar-refractivity contribution in [3.05, 3.63) is 53.6 Å². The van der Waals surface area contributed by atoms with Gasteiger partial charge in [-0.1, -0.05) is 38.1 Å². The van der Waals surface area contributed by atoms with Crippen molar-refractivity contribution in [1.29, 1.82) is 0 Å². The van der Waals surface area contributed by atoms with Gasteiger partial charge in [-0.3, -0.25) is 4.79 Å². The first-order valence-electron chi connectivity index (χ1n) is 7.45. The van der Waals surface area contributed by atoms with E-state index in [1.807, 2.05) is 19.1 Å². The first-order chi connectivity index (χ1) is 10.1. The van der Waals surface area contributed by atoms with E-state index in [0.29, 0.717) is 18.1 Å². The van der Waals surface area contributed by atoms with Crippen LogP contribution >= 0.6 is 0 Å². The SMILES string of the molecule is CCOc1ccc(C=O)cc1-c1ccc(CC(C)C)cc1. The molecule has 2 rings (SSSR count). The average Bonchev–Trinajstić information content (AvgIpc) is 2.48. The summed E-state index contributed by atoms with van der Waals surface area (Å²) in [4.78, 5) is 11.0. The number of hydrogen-bond donors (Lipinski definition) is 0. The molecule has 2 nitrogen and oxygen atoms in total. The fourth-order valence-corrected chi connectivity index (χ4v) is 2.42. The van der Waals surface area contributed by atoms with E-state index < -0.39 is 0 Å². The monoisotopic (exact) mass is 282 g/mol. The van der Waals surface area contributed by atoms with Gasteiger partial charge in [0.05, 0.1) is 6.61 Å². The smallest absolute Gasteiger partial charge is 0.150 e. The molecule has 110 valence electrons. The van der Waals surface area contributed by atoms with E-state index in [4.69, 9.17) is 4.74 Å². The molecule has 0 aromatic heterocycles. The fraction of sp³-hybridized carbons (Fsp3) is 0.316. The standard InChI is InChI=1S/C19H22O2/c1-4-21-19-10-7-16(13-20)12-18(19)17-8-5-15(6-9-17)11-14(2)3/h5-10,12-14H,4,11H2,1-3H3. The maximum absolute atomic E-state index is 11.0. The minimum absolute atomic E-state index is 0.610. The zero-order valence-corrected chi connectivity index (χ0v) is 12.9. The zero-order chi connectivity index (χ0) is 15.2. The number of carbonyl (C=O) groups is 1. The van der Waals surface area contributed by atoms with Gasteiger partial charge in [-0.05, 0) is 48.6 Å². The van der Waals surface area contributed by atoms with Crippen LogP contribution in [-0.4, -0.2) is 12.9 Å². The second-order valence-electron chi connectivity index (χ2n) is 5.60. The lowest BCUT2D eigenvalue weighted by Gasteiger charge is -2.12. The van der Waals surface area contributed by atoms with Gasteiger partial charge >= 0.3 is 0 Å². The van der Waals surface area contributed by atoms with Gasteiger partial charge in [0.1, 0.15) is 12.0 Å². The molecule has 2 aromatic rings. The topological polar surface area (TPSA) is 26.3 Å². The predicted octanol–water partition coefficient (Wildman–Crippen LogP) is 4.76. The van der Waals surface area contributed by atoms with E-state index in [1.54, 1.807) is 6.07 Å². The van der Waals surface area contributed by atoms with Crippen LogP contribution < -0.4 is 4.74 Å². The molecule has 0 heterocycles. The Labute approximate surface area is 126 Å². The Bertz CT molecular complexity index is 597. The molecule has 0 aliphatic carbocycles. The average molecular weight is 282 g/mol. The summed E-state index contributed by atoms with van der Waals surface area (Å²) in [6.07, 6.45) is 1.94. The van der Waals surface area contributed by atoms with E-state index in [9.17, 15) is 4.79 Å². The van der Waals surface area contributed by atoms with E-state index in [2.05, 4.69) is 38.1 Å². The summed E-state index contributed by atoms with van der Waals surface area (Å²) in [5.41, 5.74) is 4.05. The molecule has 0 saturated heterocycles. The van der Waals surface area contributed by atoms with Gasteiger partial charge in [0.15, 0.2) is 0 Å². The van der Waals surface area contributed by atoms with E-state index >= 15 is 0 Å². The summed E-state index contributed by atoms with van der Waals surface area (Å²) < 4.78 is 5.67. The largest absolute Gasteiger partial charge is 0.493 e. The third-order valence-corrected chi connectivity index (χ3v) is 3.35. The van der Waals surface area contributed by atoms with Crippen molar-refractivity contribution in [2.75, 3.05) is 6.61 Å². The molecule has 0 aliphatic heterocycles. The summed E-state index contributed by atoms with van der Waals surface area (Å²) in [5.74, 6) is 1.47. The number of carbonyl (C=O) groups excluding carboxylic acids is 1. The van der Waals surface area contributed by atoms with Crippen LogP contribution in [0.15, 0.2) is 42.5 Å². The summed E-state index contributed by atoms with van der Waals surface area (Å²) in [6, 6.07) is 14.0. The van der Waals surface area contributed by atoms with Gasteiger partial charge < -0.3 is 4.74 Å². The van der Waals surface area contributed by atoms with Crippen LogP contribution in [0.1, 0.15) is 36.7 Å². The maximum Gasteiger partial charge on any atom is 0.150 e. The Morgan fingerprint density at radius 2 is 1.81 bits per heavy atom. The Hall–Kier alpha value is -2.09. The third-order valence-electron chi connectivity index (χ3n) is 3.35. The normalized spacial score (nSPS) is 10.7. The molecule has 0 radical (unpaired) electrons. The highest BCUT2D eigenvalue weighted by Crippen LogP contribution is 2.31. The molecule has 21 heavy (non-hydrogen) atoms. The second kappa shape index (κ2) is 7.07. The molecule has 0 aliphatic rings. The Morgan fingerprint density at radius 3 is 2.38 bits per heavy atom. The number of benzene rings is 2. The molecule has 2 aromatic carbocycles. The minimum atomic E-state index is 0.610. The minimum Gasteiger partial charge on any atom is -0.493 e. The Kier molecular flexibility index (Phi) is 5.15. The number of aldehydes is 1. The van der Waals surface area contributed by atoms with Gasteiger partial charge in [0.2, 0.25) is 0 Å². The molecule has 0 fully saturated rings. The van der Waals surface area contributed by atoms with Crippen molar-refractivity contribution in [2.45, 2.75) is 27.2 Å². The van der Waals surface area contributed by atoms with Crippen molar-refractivity contribution < 1.29 is 9.53 Å². The lowest BCUT2D eigenvalue weighted by Crippen LogP contribution is -1.96. The highest BCUT2D eigenvalue weighted by molar-refractivity contribution is 5.81. The van der Waals surface area contributed by atoms with Crippen molar-refractivity contribution in [1.82, 2.24) is 0 Å². The summed E-state index contributed by atoms with van der Waals surface area (Å²) >= 11 is 0. The van der Waals surface area contributed by atoms with Crippen LogP contribution in [-0.2, 0) is 6.42 Å². The summed E-state index contributed by atoms with van der Waals surface area (Å²) in [5, 5.41) is 0. The maximum atomic E-state index is 11.0. The Balaban J connectivity index is 2.37. The fourth-order valence-electron chi connectivity index (χ4n) is 2.42. The van der Waals surface area contributed by atoms with Crippen LogP contribution in [0.3, 0.4) is 0 Å². The molecule has 0 bridgehead atoms. The second-order valence-corrected chi connectivity index (χ2v) is 5.60. The van der Waals surface area contributed by atoms with Crippen LogP contribution in [0.2, 0.25) is 0 Å². The molecule has 0 atom stereocenters. The first-order valence-corrected chi connectivity index (χ1v) is 7.45. The molecule has 0 unspecified atom stereocenters. The van der Waals surface area contributed by atoms with Crippen LogP contribution in [0.4, 0.5) is 0 Å². The van der Waals surface area contributed by atoms with Gasteiger partial charge in [-0.25, -0.2) is 0 Å². The van der Waals surface area contributed by atoms with Gasteiger partial charge in [0.25, 0.3) is 0 Å². The number of hydrogen-bond acceptors (Lipinski definition) is 2. The number of rotatable bonds is 6. The van der Waals surface area contributed by atoms with E-state index in [-0.39, 0.29) is 0 Å². The molecule has 2 heteroatoms. The molecule has 0 saturated carbocycles. The zero-order valence-electron chi connectivity index (χ0n) is 12.9. The lowest BCUT2D eigenvalue weighted by atomic mass is 9.98. The lowest BCUT2D eigenvalue weighted by molar-refractivity contribution is 0.112. The van der Waals surface area contributed by atoms with Crippen LogP contribution in [0, 0.1) is 5.92 Å². The highest BCUT2D eigenvalue weighted by atomic mass is 16.5. The van der Waals surface area contributed by atoms with E-state index in [1.165, 1.54) is 5.56 Å². The molecule has 0 N–H and O–H groups in total. The predicted molar refractivity (Wildman–Crippen MR) is 87.0 cm³/mol. The summed E-state index contributed by atoms with van der Waals surface area (Å²) in [6.45, 7) is 7.01. The van der Waals surface area contributed by atoms with Crippen LogP contribution in [0.5, 0.6) is 5.75 Å². The van der Waals surface area contributed by atoms with Gasteiger partial charge in [0, 0.05) is 11.1 Å². The van der Waals surface area contributed by atoms with Crippen LogP contribution in [0.25, 0.3) is 11.1 Å². The third kappa shape index (κ3) is 3.94. The highest BCUT2D eigenvalue weighted by Gasteiger charge is 2.08. The van der Waals surface area contributed by atoms with E-state index in [0.717, 1.165) is 29.6 Å².